The number of rotatable bonds is 6. The summed E-state index contributed by atoms with van der Waals surface area (Å²) in [5.41, 5.74) is 1.19. The molecule has 0 aliphatic carbocycles. The van der Waals surface area contributed by atoms with Gasteiger partial charge in [-0.1, -0.05) is 6.07 Å². The predicted octanol–water partition coefficient (Wildman–Crippen LogP) is 1.50. The largest absolute Gasteiger partial charge is 0.493 e. The fraction of sp³-hybridized carbons (Fsp3) is 0.562. The van der Waals surface area contributed by atoms with Crippen LogP contribution < -0.4 is 20.1 Å². The normalized spacial score (nSPS) is 18.8. The minimum atomic E-state index is 0.149. The number of carbonyl (C=O) groups excluding carboxylic acids is 1. The lowest BCUT2D eigenvalue weighted by Crippen LogP contribution is -2.33. The number of ether oxygens (including phenoxy) is 2. The third-order valence-electron chi connectivity index (χ3n) is 3.78. The van der Waals surface area contributed by atoms with E-state index in [-0.39, 0.29) is 11.9 Å². The Morgan fingerprint density at radius 3 is 2.86 bits per heavy atom. The molecule has 5 heteroatoms. The summed E-state index contributed by atoms with van der Waals surface area (Å²) in [5.74, 6) is 1.65. The molecule has 2 rings (SSSR count). The Balaban J connectivity index is 1.84. The molecule has 1 aromatic rings. The van der Waals surface area contributed by atoms with Crippen LogP contribution in [-0.2, 0) is 11.2 Å². The smallest absolute Gasteiger partial charge is 0.221 e. The number of hydrogen-bond donors (Lipinski definition) is 2. The zero-order valence-corrected chi connectivity index (χ0v) is 12.8. The van der Waals surface area contributed by atoms with Crippen LogP contribution in [0.5, 0.6) is 11.5 Å². The number of nitrogens with one attached hydrogen (secondary N) is 2. The summed E-state index contributed by atoms with van der Waals surface area (Å²) in [6.45, 7) is 1.65. The van der Waals surface area contributed by atoms with E-state index in [1.54, 1.807) is 14.2 Å². The number of carbonyl (C=O) groups is 1. The number of benzene rings is 1. The van der Waals surface area contributed by atoms with Crippen LogP contribution in [0.2, 0.25) is 0 Å². The summed E-state index contributed by atoms with van der Waals surface area (Å²) >= 11 is 0. The van der Waals surface area contributed by atoms with Crippen molar-refractivity contribution in [2.75, 3.05) is 27.3 Å². The van der Waals surface area contributed by atoms with Gasteiger partial charge < -0.3 is 20.1 Å². The highest BCUT2D eigenvalue weighted by Gasteiger charge is 2.16. The highest BCUT2D eigenvalue weighted by molar-refractivity contribution is 5.76. The van der Waals surface area contributed by atoms with E-state index in [9.17, 15) is 4.79 Å². The third kappa shape index (κ3) is 4.63. The zero-order valence-electron chi connectivity index (χ0n) is 12.8. The van der Waals surface area contributed by atoms with Crippen LogP contribution in [0.25, 0.3) is 0 Å². The van der Waals surface area contributed by atoms with Gasteiger partial charge in [-0.25, -0.2) is 0 Å². The highest BCUT2D eigenvalue weighted by Crippen LogP contribution is 2.27. The van der Waals surface area contributed by atoms with Crippen molar-refractivity contribution < 1.29 is 14.3 Å². The molecule has 1 amide bonds. The summed E-state index contributed by atoms with van der Waals surface area (Å²) < 4.78 is 10.5. The summed E-state index contributed by atoms with van der Waals surface area (Å²) in [6.07, 6.45) is 3.56. The second kappa shape index (κ2) is 7.88. The van der Waals surface area contributed by atoms with E-state index in [0.29, 0.717) is 6.42 Å². The van der Waals surface area contributed by atoms with Crippen molar-refractivity contribution in [2.24, 2.45) is 0 Å². The SMILES string of the molecule is COc1ccc(CCNC2CCCNC(=O)C2)cc1OC. The van der Waals surface area contributed by atoms with Crippen molar-refractivity contribution in [3.05, 3.63) is 23.8 Å². The molecule has 1 atom stereocenters. The van der Waals surface area contributed by atoms with E-state index in [4.69, 9.17) is 9.47 Å². The molecule has 1 aliphatic heterocycles. The van der Waals surface area contributed by atoms with Crippen LogP contribution in [0.4, 0.5) is 0 Å². The molecule has 0 aromatic heterocycles. The lowest BCUT2D eigenvalue weighted by atomic mass is 10.1. The zero-order chi connectivity index (χ0) is 15.1. The van der Waals surface area contributed by atoms with Gasteiger partial charge in [0.25, 0.3) is 0 Å². The first-order valence-corrected chi connectivity index (χ1v) is 7.44. The molecule has 1 heterocycles. The lowest BCUT2D eigenvalue weighted by Gasteiger charge is -2.15. The Bertz CT molecular complexity index is 477. The Morgan fingerprint density at radius 1 is 1.29 bits per heavy atom. The standard InChI is InChI=1S/C16H24N2O3/c1-20-14-6-5-12(10-15(14)21-2)7-9-17-13-4-3-8-18-16(19)11-13/h5-6,10,13,17H,3-4,7-9,11H2,1-2H3,(H,18,19). The Kier molecular flexibility index (Phi) is 5.87. The second-order valence-corrected chi connectivity index (χ2v) is 5.29. The number of methoxy groups -OCH3 is 2. The molecular formula is C16H24N2O3. The molecule has 2 N–H and O–H groups in total. The van der Waals surface area contributed by atoms with Crippen molar-refractivity contribution in [1.29, 1.82) is 0 Å². The quantitative estimate of drug-likeness (QED) is 0.834. The van der Waals surface area contributed by atoms with Gasteiger partial charge in [-0.2, -0.15) is 0 Å². The van der Waals surface area contributed by atoms with Crippen LogP contribution in [0, 0.1) is 0 Å². The average Bonchev–Trinajstić information content (AvgIpc) is 2.71. The maximum Gasteiger partial charge on any atom is 0.221 e. The van der Waals surface area contributed by atoms with Gasteiger partial charge in [0.15, 0.2) is 11.5 Å². The maximum absolute atomic E-state index is 11.5. The first kappa shape index (κ1) is 15.6. The molecule has 0 bridgehead atoms. The summed E-state index contributed by atoms with van der Waals surface area (Å²) in [7, 11) is 3.28. The van der Waals surface area contributed by atoms with E-state index in [0.717, 1.165) is 43.9 Å². The molecule has 116 valence electrons. The van der Waals surface area contributed by atoms with Crippen molar-refractivity contribution >= 4 is 5.91 Å². The van der Waals surface area contributed by atoms with Crippen LogP contribution in [-0.4, -0.2) is 39.3 Å². The molecule has 21 heavy (non-hydrogen) atoms. The molecule has 1 aliphatic rings. The average molecular weight is 292 g/mol. The van der Waals surface area contributed by atoms with E-state index in [1.807, 2.05) is 18.2 Å². The van der Waals surface area contributed by atoms with Crippen molar-refractivity contribution in [3.63, 3.8) is 0 Å². The highest BCUT2D eigenvalue weighted by atomic mass is 16.5. The topological polar surface area (TPSA) is 59.6 Å². The summed E-state index contributed by atoms with van der Waals surface area (Å²) in [6, 6.07) is 6.25. The molecule has 1 unspecified atom stereocenters. The Morgan fingerprint density at radius 2 is 2.10 bits per heavy atom. The Labute approximate surface area is 126 Å². The van der Waals surface area contributed by atoms with Crippen molar-refractivity contribution in [1.82, 2.24) is 10.6 Å². The fourth-order valence-electron chi connectivity index (χ4n) is 2.61. The molecule has 0 spiro atoms. The van der Waals surface area contributed by atoms with Crippen LogP contribution in [0.1, 0.15) is 24.8 Å². The van der Waals surface area contributed by atoms with Crippen LogP contribution >= 0.6 is 0 Å². The van der Waals surface area contributed by atoms with Gasteiger partial charge in [-0.15, -0.1) is 0 Å². The van der Waals surface area contributed by atoms with Gasteiger partial charge in [-0.3, -0.25) is 4.79 Å². The maximum atomic E-state index is 11.5. The minimum absolute atomic E-state index is 0.149. The van der Waals surface area contributed by atoms with Crippen molar-refractivity contribution in [3.8, 4) is 11.5 Å². The predicted molar refractivity (Wildman–Crippen MR) is 81.9 cm³/mol. The number of amides is 1. The minimum Gasteiger partial charge on any atom is -0.493 e. The van der Waals surface area contributed by atoms with Gasteiger partial charge in [0.2, 0.25) is 5.91 Å². The molecule has 1 saturated heterocycles. The van der Waals surface area contributed by atoms with Gasteiger partial charge in [0.1, 0.15) is 0 Å². The second-order valence-electron chi connectivity index (χ2n) is 5.29. The third-order valence-corrected chi connectivity index (χ3v) is 3.78. The first-order chi connectivity index (χ1) is 10.2. The molecule has 5 nitrogen and oxygen atoms in total. The van der Waals surface area contributed by atoms with E-state index in [1.165, 1.54) is 5.56 Å². The fourth-order valence-corrected chi connectivity index (χ4v) is 2.61. The van der Waals surface area contributed by atoms with Crippen LogP contribution in [0.15, 0.2) is 18.2 Å². The summed E-state index contributed by atoms with van der Waals surface area (Å²) in [5, 5.41) is 6.37. The monoisotopic (exact) mass is 292 g/mol. The van der Waals surface area contributed by atoms with Gasteiger partial charge in [-0.05, 0) is 43.5 Å². The lowest BCUT2D eigenvalue weighted by molar-refractivity contribution is -0.121. The number of hydrogen-bond acceptors (Lipinski definition) is 4. The molecule has 0 radical (unpaired) electrons. The van der Waals surface area contributed by atoms with E-state index in [2.05, 4.69) is 10.6 Å². The molecule has 0 saturated carbocycles. The Hall–Kier alpha value is -1.75. The first-order valence-electron chi connectivity index (χ1n) is 7.44. The van der Waals surface area contributed by atoms with E-state index < -0.39 is 0 Å². The molecule has 1 aromatic carbocycles. The van der Waals surface area contributed by atoms with Gasteiger partial charge in [0.05, 0.1) is 14.2 Å². The summed E-state index contributed by atoms with van der Waals surface area (Å²) in [4.78, 5) is 11.5. The van der Waals surface area contributed by atoms with Crippen LogP contribution in [0.3, 0.4) is 0 Å². The molecule has 1 fully saturated rings. The van der Waals surface area contributed by atoms with Gasteiger partial charge >= 0.3 is 0 Å². The van der Waals surface area contributed by atoms with Gasteiger partial charge in [0, 0.05) is 19.0 Å². The van der Waals surface area contributed by atoms with E-state index >= 15 is 0 Å². The van der Waals surface area contributed by atoms with Crippen molar-refractivity contribution in [2.45, 2.75) is 31.7 Å². The molecular weight excluding hydrogens is 268 g/mol.